The maximum Gasteiger partial charge on any atom is 0.243 e. The Morgan fingerprint density at radius 2 is 1.78 bits per heavy atom. The van der Waals surface area contributed by atoms with E-state index < -0.39 is 4.65 Å². The second-order valence-corrected chi connectivity index (χ2v) is 10.1. The van der Waals surface area contributed by atoms with Crippen molar-refractivity contribution in [3.8, 4) is 11.3 Å². The summed E-state index contributed by atoms with van der Waals surface area (Å²) in [5.74, 6) is 0.595. The summed E-state index contributed by atoms with van der Waals surface area (Å²) in [6.45, 7) is 10.3. The number of benzene rings is 2. The van der Waals surface area contributed by atoms with Gasteiger partial charge in [-0.05, 0) is 70.5 Å². The number of nitrogens with one attached hydrogen (secondary N) is 2. The zero-order valence-electron chi connectivity index (χ0n) is 21.4. The largest absolute Gasteiger partial charge is 0.620 e. The normalized spacial score (nSPS) is 20.2. The van der Waals surface area contributed by atoms with Crippen LogP contribution in [0.3, 0.4) is 0 Å². The van der Waals surface area contributed by atoms with E-state index in [1.165, 1.54) is 31.4 Å². The van der Waals surface area contributed by atoms with E-state index in [1.807, 2.05) is 39.0 Å². The van der Waals surface area contributed by atoms with Crippen molar-refractivity contribution in [2.75, 3.05) is 38.2 Å². The first kappa shape index (κ1) is 24.8. The number of aryl methyl sites for hydroxylation is 3. The van der Waals surface area contributed by atoms with Gasteiger partial charge in [-0.2, -0.15) is 4.98 Å². The second kappa shape index (κ2) is 10.2. The fraction of sp³-hybridized carbons (Fsp3) is 0.429. The van der Waals surface area contributed by atoms with E-state index in [-0.39, 0.29) is 12.5 Å². The number of piperidine rings is 1. The number of hydrogen-bond acceptors (Lipinski definition) is 6. The van der Waals surface area contributed by atoms with Gasteiger partial charge in [0.2, 0.25) is 11.8 Å². The molecule has 8 heteroatoms. The molecule has 2 N–H and O–H groups in total. The molecule has 7 nitrogen and oxygen atoms in total. The average Bonchev–Trinajstić information content (AvgIpc) is 2.85. The molecule has 1 unspecified atom stereocenters. The van der Waals surface area contributed by atoms with E-state index >= 15 is 0 Å². The van der Waals surface area contributed by atoms with Crippen LogP contribution in [0.25, 0.3) is 11.3 Å². The van der Waals surface area contributed by atoms with Crippen molar-refractivity contribution in [2.24, 2.45) is 0 Å². The van der Waals surface area contributed by atoms with Crippen molar-refractivity contribution in [3.63, 3.8) is 0 Å². The minimum absolute atomic E-state index is 0.185. The molecule has 0 spiro atoms. The van der Waals surface area contributed by atoms with Gasteiger partial charge in [0.25, 0.3) is 0 Å². The van der Waals surface area contributed by atoms with Gasteiger partial charge in [-0.15, -0.1) is 0 Å². The van der Waals surface area contributed by atoms with Crippen LogP contribution < -0.4 is 15.3 Å². The Kier molecular flexibility index (Phi) is 7.03. The number of rotatable bonds is 6. The number of nitrogens with zero attached hydrogens (tertiary/aromatic N) is 4. The van der Waals surface area contributed by atoms with Gasteiger partial charge in [-0.3, -0.25) is 9.96 Å². The Morgan fingerprint density at radius 3 is 2.50 bits per heavy atom. The Bertz CT molecular complexity index is 1240. The molecule has 3 aromatic rings. The molecule has 1 atom stereocenters. The lowest BCUT2D eigenvalue weighted by Gasteiger charge is -2.45. The molecular weight excluding hydrogens is 455 g/mol. The molecule has 0 aliphatic carbocycles. The first-order valence-corrected chi connectivity index (χ1v) is 12.9. The summed E-state index contributed by atoms with van der Waals surface area (Å²) in [5.41, 5.74) is 5.58. The highest BCUT2D eigenvalue weighted by Crippen LogP contribution is 2.43. The zero-order chi connectivity index (χ0) is 25.3. The standard InChI is InChI=1S/C28H35FN6O/c1-19-8-7-9-20(2)26(19)35(36)18-30-17-24-25(23-11-10-22(29)16-21(23)3)32-28(33-27(24)35)31-12-15-34-13-5-4-6-14-34/h7-11,16,30H,4-6,12-15,17-18H2,1-3H3,(H,31,32,33). The van der Waals surface area contributed by atoms with Crippen LogP contribution in [0.5, 0.6) is 0 Å². The predicted molar refractivity (Wildman–Crippen MR) is 143 cm³/mol. The molecular formula is C28H35FN6O. The number of fused-ring (bicyclic) bond motifs is 1. The SMILES string of the molecule is Cc1cc(F)ccc1-c1nc(NCCN2CCCCC2)nc2c1CNC[N+]2([O-])c1c(C)cccc1C. The number of anilines is 1. The fourth-order valence-electron chi connectivity index (χ4n) is 5.61. The molecule has 2 aromatic carbocycles. The van der Waals surface area contributed by atoms with E-state index in [9.17, 15) is 9.60 Å². The highest BCUT2D eigenvalue weighted by molar-refractivity contribution is 5.76. The van der Waals surface area contributed by atoms with Gasteiger partial charge in [0.1, 0.15) is 18.2 Å². The number of hydrogen-bond donors (Lipinski definition) is 2. The number of aromatic nitrogens is 2. The van der Waals surface area contributed by atoms with Gasteiger partial charge in [0.05, 0.1) is 11.3 Å². The Hall–Kier alpha value is -2.91. The quantitative estimate of drug-likeness (QED) is 0.361. The summed E-state index contributed by atoms with van der Waals surface area (Å²) in [7, 11) is 0. The van der Waals surface area contributed by atoms with Crippen molar-refractivity contribution in [1.29, 1.82) is 0 Å². The summed E-state index contributed by atoms with van der Waals surface area (Å²) in [5, 5.41) is 21.4. The molecule has 3 heterocycles. The van der Waals surface area contributed by atoms with Crippen LogP contribution in [0.15, 0.2) is 36.4 Å². The number of para-hydroxylation sites is 1. The van der Waals surface area contributed by atoms with Crippen molar-refractivity contribution < 1.29 is 4.39 Å². The molecule has 2 aliphatic heterocycles. The molecule has 36 heavy (non-hydrogen) atoms. The van der Waals surface area contributed by atoms with E-state index in [0.29, 0.717) is 36.2 Å². The van der Waals surface area contributed by atoms with Gasteiger partial charge in [0, 0.05) is 36.3 Å². The highest BCUT2D eigenvalue weighted by atomic mass is 19.1. The van der Waals surface area contributed by atoms with Crippen LogP contribution in [0.2, 0.25) is 0 Å². The molecule has 5 rings (SSSR count). The van der Waals surface area contributed by atoms with Crippen molar-refractivity contribution in [2.45, 2.75) is 46.6 Å². The van der Waals surface area contributed by atoms with E-state index in [1.54, 1.807) is 6.07 Å². The predicted octanol–water partition coefficient (Wildman–Crippen LogP) is 5.30. The van der Waals surface area contributed by atoms with E-state index in [2.05, 4.69) is 15.5 Å². The number of quaternary nitrogens is 1. The third-order valence-electron chi connectivity index (χ3n) is 7.37. The minimum Gasteiger partial charge on any atom is -0.620 e. The van der Waals surface area contributed by atoms with E-state index in [4.69, 9.17) is 9.97 Å². The topological polar surface area (TPSA) is 76.1 Å². The average molecular weight is 491 g/mol. The van der Waals surface area contributed by atoms with Crippen molar-refractivity contribution in [3.05, 3.63) is 69.7 Å². The second-order valence-electron chi connectivity index (χ2n) is 10.1. The fourth-order valence-corrected chi connectivity index (χ4v) is 5.61. The minimum atomic E-state index is -0.704. The molecule has 190 valence electrons. The van der Waals surface area contributed by atoms with Crippen molar-refractivity contribution >= 4 is 17.5 Å². The van der Waals surface area contributed by atoms with Crippen LogP contribution in [0, 0.1) is 31.8 Å². The lowest BCUT2D eigenvalue weighted by Crippen LogP contribution is -2.50. The van der Waals surface area contributed by atoms with Gasteiger partial charge < -0.3 is 15.4 Å². The van der Waals surface area contributed by atoms with Crippen molar-refractivity contribution in [1.82, 2.24) is 24.8 Å². The van der Waals surface area contributed by atoms with Gasteiger partial charge >= 0.3 is 0 Å². The van der Waals surface area contributed by atoms with Crippen LogP contribution >= 0.6 is 0 Å². The molecule has 0 saturated carbocycles. The summed E-state index contributed by atoms with van der Waals surface area (Å²) in [6.07, 6.45) is 3.78. The number of likely N-dealkylation sites (tertiary alicyclic amines) is 1. The molecule has 1 saturated heterocycles. The first-order valence-electron chi connectivity index (χ1n) is 12.9. The third-order valence-corrected chi connectivity index (χ3v) is 7.37. The molecule has 0 amide bonds. The monoisotopic (exact) mass is 490 g/mol. The summed E-state index contributed by atoms with van der Waals surface area (Å²) in [6, 6.07) is 10.6. The summed E-state index contributed by atoms with van der Waals surface area (Å²) in [4.78, 5) is 12.2. The Balaban J connectivity index is 1.60. The molecule has 0 radical (unpaired) electrons. The zero-order valence-corrected chi connectivity index (χ0v) is 21.4. The van der Waals surface area contributed by atoms with Gasteiger partial charge in [0.15, 0.2) is 0 Å². The molecule has 0 bridgehead atoms. The molecule has 1 aromatic heterocycles. The first-order chi connectivity index (χ1) is 17.4. The number of hydroxylamine groups is 1. The lowest BCUT2D eigenvalue weighted by atomic mass is 9.99. The smallest absolute Gasteiger partial charge is 0.243 e. The lowest BCUT2D eigenvalue weighted by molar-refractivity contribution is 0.237. The summed E-state index contributed by atoms with van der Waals surface area (Å²) < 4.78 is 13.2. The van der Waals surface area contributed by atoms with Crippen LogP contribution in [-0.4, -0.2) is 47.7 Å². The molecule has 2 aliphatic rings. The van der Waals surface area contributed by atoms with Gasteiger partial charge in [-0.1, -0.05) is 24.6 Å². The number of halogens is 1. The Morgan fingerprint density at radius 1 is 1.03 bits per heavy atom. The van der Waals surface area contributed by atoms with E-state index in [0.717, 1.165) is 47.5 Å². The molecule has 1 fully saturated rings. The van der Waals surface area contributed by atoms with Gasteiger partial charge in [-0.25, -0.2) is 9.37 Å². The highest BCUT2D eigenvalue weighted by Gasteiger charge is 2.37. The van der Waals surface area contributed by atoms with Crippen LogP contribution in [0.1, 0.15) is 41.5 Å². The maximum atomic E-state index is 14.7. The van der Waals surface area contributed by atoms with Crippen LogP contribution in [0.4, 0.5) is 21.8 Å². The Labute approximate surface area is 212 Å². The van der Waals surface area contributed by atoms with Crippen LogP contribution in [-0.2, 0) is 6.54 Å². The summed E-state index contributed by atoms with van der Waals surface area (Å²) >= 11 is 0. The maximum absolute atomic E-state index is 14.7. The third kappa shape index (κ3) is 4.74.